The zero-order valence-corrected chi connectivity index (χ0v) is 21.7. The Bertz CT molecular complexity index is 1650. The number of aryl methyl sites for hydroxylation is 1. The normalized spacial score (nSPS) is 14.5. The van der Waals surface area contributed by atoms with E-state index in [1.54, 1.807) is 37.4 Å². The maximum absolute atomic E-state index is 13.5. The lowest BCUT2D eigenvalue weighted by Crippen LogP contribution is -2.38. The van der Waals surface area contributed by atoms with Crippen LogP contribution in [0.2, 0.25) is 0 Å². The Kier molecular flexibility index (Phi) is 6.70. The molecule has 1 saturated carbocycles. The van der Waals surface area contributed by atoms with Gasteiger partial charge in [-0.25, -0.2) is 4.39 Å². The molecule has 5 rings (SSSR count). The summed E-state index contributed by atoms with van der Waals surface area (Å²) in [5.41, 5.74) is 16.2. The molecule has 0 spiro atoms. The fourth-order valence-corrected chi connectivity index (χ4v) is 4.87. The summed E-state index contributed by atoms with van der Waals surface area (Å²) in [7, 11) is 1.55. The van der Waals surface area contributed by atoms with Crippen molar-refractivity contribution in [3.05, 3.63) is 107 Å². The summed E-state index contributed by atoms with van der Waals surface area (Å²) in [6, 6.07) is 16.9. The van der Waals surface area contributed by atoms with Gasteiger partial charge in [0.05, 0.1) is 11.1 Å². The predicted molar refractivity (Wildman–Crippen MR) is 150 cm³/mol. The number of carbonyl (C=O) groups excluding carboxylic acids is 2. The number of halogens is 1. The molecule has 1 aliphatic carbocycles. The van der Waals surface area contributed by atoms with Crippen LogP contribution in [0.1, 0.15) is 39.1 Å². The van der Waals surface area contributed by atoms with Crippen LogP contribution in [0.25, 0.3) is 33.4 Å². The Labute approximate surface area is 225 Å². The number of nitrogens with two attached hydrogens (primary N) is 2. The Balaban J connectivity index is 1.55. The van der Waals surface area contributed by atoms with Crippen LogP contribution in [0, 0.1) is 12.7 Å². The monoisotopic (exact) mass is 524 g/mol. The van der Waals surface area contributed by atoms with Gasteiger partial charge in [0, 0.05) is 23.6 Å². The highest BCUT2D eigenvalue weighted by Gasteiger charge is 2.46. The number of amides is 2. The Hall–Kier alpha value is -4.85. The predicted octanol–water partition coefficient (Wildman–Crippen LogP) is 5.15. The molecule has 0 unspecified atom stereocenters. The number of rotatable bonds is 7. The third kappa shape index (κ3) is 4.77. The molecule has 0 saturated heterocycles. The highest BCUT2D eigenvalue weighted by atomic mass is 19.1. The fourth-order valence-electron chi connectivity index (χ4n) is 4.87. The van der Waals surface area contributed by atoms with Crippen LogP contribution in [0.3, 0.4) is 0 Å². The standard InChI is InChI=1S/C31H29FN4O3/c1-18-3-4-21(29(37)36-31(12-13-31)22(17-34)11-14-33)16-24(18)20-7-10-26-25(15-20)27(30(38)35-2)28(39-26)19-5-8-23(32)9-6-19/h3-11,14-17H,12-13,33-34H2,1-2H3,(H,35,38)(H,36,37)/b14-11-,22-17+. The third-order valence-corrected chi connectivity index (χ3v) is 7.17. The lowest BCUT2D eigenvalue weighted by atomic mass is 9.95. The third-order valence-electron chi connectivity index (χ3n) is 7.17. The lowest BCUT2D eigenvalue weighted by Gasteiger charge is -2.19. The molecule has 0 radical (unpaired) electrons. The molecule has 4 aromatic rings. The van der Waals surface area contributed by atoms with Crippen LogP contribution in [-0.4, -0.2) is 24.4 Å². The summed E-state index contributed by atoms with van der Waals surface area (Å²) in [4.78, 5) is 26.2. The highest BCUT2D eigenvalue weighted by molar-refractivity contribution is 6.12. The van der Waals surface area contributed by atoms with Crippen molar-refractivity contribution in [3.63, 3.8) is 0 Å². The van der Waals surface area contributed by atoms with Gasteiger partial charge in [-0.2, -0.15) is 0 Å². The molecule has 39 heavy (non-hydrogen) atoms. The molecule has 0 bridgehead atoms. The van der Waals surface area contributed by atoms with Crippen molar-refractivity contribution < 1.29 is 18.4 Å². The summed E-state index contributed by atoms with van der Waals surface area (Å²) in [5, 5.41) is 6.40. The SMILES string of the molecule is CNC(=O)c1c(-c2ccc(F)cc2)oc2ccc(-c3cc(C(=O)NC4(C(/C=C\N)=C/N)CC4)ccc3C)cc12. The quantitative estimate of drug-likeness (QED) is 0.249. The van der Waals surface area contributed by atoms with E-state index in [-0.39, 0.29) is 17.6 Å². The van der Waals surface area contributed by atoms with Crippen LogP contribution in [-0.2, 0) is 0 Å². The lowest BCUT2D eigenvalue weighted by molar-refractivity contribution is 0.0936. The molecular weight excluding hydrogens is 495 g/mol. The topological polar surface area (TPSA) is 123 Å². The number of benzene rings is 3. The molecule has 1 heterocycles. The average molecular weight is 525 g/mol. The summed E-state index contributed by atoms with van der Waals surface area (Å²) in [6.45, 7) is 1.96. The number of furan rings is 1. The summed E-state index contributed by atoms with van der Waals surface area (Å²) < 4.78 is 19.6. The van der Waals surface area contributed by atoms with Crippen LogP contribution < -0.4 is 22.1 Å². The van der Waals surface area contributed by atoms with Crippen molar-refractivity contribution in [1.82, 2.24) is 10.6 Å². The van der Waals surface area contributed by atoms with E-state index in [2.05, 4.69) is 10.6 Å². The largest absolute Gasteiger partial charge is 0.455 e. The van der Waals surface area contributed by atoms with Gasteiger partial charge in [0.2, 0.25) is 0 Å². The minimum absolute atomic E-state index is 0.215. The molecule has 2 amide bonds. The molecule has 8 heteroatoms. The molecule has 3 aromatic carbocycles. The van der Waals surface area contributed by atoms with E-state index < -0.39 is 5.54 Å². The van der Waals surface area contributed by atoms with Gasteiger partial charge in [-0.3, -0.25) is 9.59 Å². The maximum Gasteiger partial charge on any atom is 0.255 e. The molecule has 6 N–H and O–H groups in total. The minimum Gasteiger partial charge on any atom is -0.455 e. The first-order chi connectivity index (χ1) is 18.8. The number of fused-ring (bicyclic) bond motifs is 1. The van der Waals surface area contributed by atoms with Crippen molar-refractivity contribution in [3.8, 4) is 22.5 Å². The van der Waals surface area contributed by atoms with E-state index in [9.17, 15) is 14.0 Å². The summed E-state index contributed by atoms with van der Waals surface area (Å²) in [5.74, 6) is -0.555. The van der Waals surface area contributed by atoms with Gasteiger partial charge in [0.15, 0.2) is 0 Å². The number of nitrogens with one attached hydrogen (secondary N) is 2. The molecule has 0 atom stereocenters. The number of hydrogen-bond acceptors (Lipinski definition) is 5. The first-order valence-corrected chi connectivity index (χ1v) is 12.6. The van der Waals surface area contributed by atoms with Crippen LogP contribution in [0.5, 0.6) is 0 Å². The van der Waals surface area contributed by atoms with E-state index in [4.69, 9.17) is 15.9 Å². The van der Waals surface area contributed by atoms with Gasteiger partial charge in [-0.15, -0.1) is 0 Å². The van der Waals surface area contributed by atoms with Gasteiger partial charge in [0.25, 0.3) is 11.8 Å². The van der Waals surface area contributed by atoms with E-state index in [0.29, 0.717) is 33.4 Å². The molecule has 1 fully saturated rings. The van der Waals surface area contributed by atoms with Crippen molar-refractivity contribution >= 4 is 22.8 Å². The second-order valence-electron chi connectivity index (χ2n) is 9.65. The zero-order chi connectivity index (χ0) is 27.7. The second-order valence-corrected chi connectivity index (χ2v) is 9.65. The first kappa shape index (κ1) is 25.8. The van der Waals surface area contributed by atoms with Gasteiger partial charge >= 0.3 is 0 Å². The van der Waals surface area contributed by atoms with E-state index in [1.807, 2.05) is 31.2 Å². The molecule has 198 valence electrons. The molecule has 1 aliphatic rings. The molecular formula is C31H29FN4O3. The van der Waals surface area contributed by atoms with Crippen molar-refractivity contribution in [2.24, 2.45) is 11.5 Å². The maximum atomic E-state index is 13.5. The minimum atomic E-state index is -0.512. The Morgan fingerprint density at radius 2 is 1.69 bits per heavy atom. The number of hydrogen-bond donors (Lipinski definition) is 4. The fraction of sp³-hybridized carbons (Fsp3) is 0.161. The smallest absolute Gasteiger partial charge is 0.255 e. The zero-order valence-electron chi connectivity index (χ0n) is 21.7. The summed E-state index contributed by atoms with van der Waals surface area (Å²) >= 11 is 0. The van der Waals surface area contributed by atoms with Crippen LogP contribution >= 0.6 is 0 Å². The van der Waals surface area contributed by atoms with Crippen LogP contribution in [0.15, 0.2) is 89.1 Å². The first-order valence-electron chi connectivity index (χ1n) is 12.6. The van der Waals surface area contributed by atoms with Gasteiger partial charge in [-0.05, 0) is 109 Å². The summed E-state index contributed by atoms with van der Waals surface area (Å²) in [6.07, 6.45) is 6.15. The second kappa shape index (κ2) is 10.1. The van der Waals surface area contributed by atoms with E-state index >= 15 is 0 Å². The molecule has 7 nitrogen and oxygen atoms in total. The highest BCUT2D eigenvalue weighted by Crippen LogP contribution is 2.43. The van der Waals surface area contributed by atoms with Crippen LogP contribution in [0.4, 0.5) is 4.39 Å². The van der Waals surface area contributed by atoms with Crippen molar-refractivity contribution in [1.29, 1.82) is 0 Å². The van der Waals surface area contributed by atoms with Crippen molar-refractivity contribution in [2.45, 2.75) is 25.3 Å². The molecule has 1 aromatic heterocycles. The van der Waals surface area contributed by atoms with Gasteiger partial charge in [0.1, 0.15) is 17.2 Å². The Morgan fingerprint density at radius 3 is 2.33 bits per heavy atom. The van der Waals surface area contributed by atoms with Gasteiger partial charge in [-0.1, -0.05) is 12.1 Å². The number of carbonyl (C=O) groups is 2. The van der Waals surface area contributed by atoms with Gasteiger partial charge < -0.3 is 26.5 Å². The van der Waals surface area contributed by atoms with E-state index in [0.717, 1.165) is 35.1 Å². The molecule has 0 aliphatic heterocycles. The Morgan fingerprint density at radius 1 is 0.974 bits per heavy atom. The average Bonchev–Trinajstić information content (AvgIpc) is 3.62. The van der Waals surface area contributed by atoms with Crippen molar-refractivity contribution in [2.75, 3.05) is 7.05 Å². The van der Waals surface area contributed by atoms with E-state index in [1.165, 1.54) is 24.5 Å².